The lowest BCUT2D eigenvalue weighted by atomic mass is 9.94. The molecule has 5 rings (SSSR count). The van der Waals surface area contributed by atoms with Crippen LogP contribution in [0.3, 0.4) is 0 Å². The number of amides is 2. The van der Waals surface area contributed by atoms with Crippen molar-refractivity contribution < 1.29 is 18.4 Å². The number of benzene rings is 1. The van der Waals surface area contributed by atoms with Crippen molar-refractivity contribution in [1.82, 2.24) is 15.3 Å². The van der Waals surface area contributed by atoms with Crippen LogP contribution in [0.1, 0.15) is 34.3 Å². The molecule has 2 aromatic heterocycles. The third-order valence-electron chi connectivity index (χ3n) is 6.48. The van der Waals surface area contributed by atoms with Gasteiger partial charge in [-0.1, -0.05) is 0 Å². The number of hydrogen-bond acceptors (Lipinski definition) is 6. The van der Waals surface area contributed by atoms with E-state index in [2.05, 4.69) is 25.5 Å². The monoisotopic (exact) mass is 509 g/mol. The number of halogens is 2. The molecule has 4 heterocycles. The molecule has 0 spiro atoms. The molecule has 3 aromatic rings. The largest absolute Gasteiger partial charge is 0.370 e. The SMILES string of the molecule is Cc1ncc(-c2ccnc(NC(=O)C3=Cc4cc(C(=O)NC(C)C(F)F)ccc4N4CCC3C4)c2)s1. The molecule has 1 aromatic carbocycles. The molecule has 0 saturated carbocycles. The van der Waals surface area contributed by atoms with Crippen LogP contribution >= 0.6 is 11.3 Å². The van der Waals surface area contributed by atoms with Gasteiger partial charge in [-0.15, -0.1) is 11.3 Å². The van der Waals surface area contributed by atoms with Gasteiger partial charge in [0.1, 0.15) is 5.82 Å². The third-order valence-corrected chi connectivity index (χ3v) is 7.44. The number of pyridine rings is 1. The van der Waals surface area contributed by atoms with Gasteiger partial charge in [0.2, 0.25) is 0 Å². The number of thiazole rings is 1. The number of alkyl halides is 2. The predicted octanol–water partition coefficient (Wildman–Crippen LogP) is 4.76. The van der Waals surface area contributed by atoms with Crippen molar-refractivity contribution in [3.05, 3.63) is 64.4 Å². The summed E-state index contributed by atoms with van der Waals surface area (Å²) in [6.45, 7) is 4.68. The van der Waals surface area contributed by atoms with Crippen LogP contribution in [0.15, 0.2) is 48.3 Å². The number of fused-ring (bicyclic) bond motifs is 4. The molecule has 2 aliphatic rings. The second-order valence-corrected chi connectivity index (χ2v) is 10.3. The van der Waals surface area contributed by atoms with Gasteiger partial charge >= 0.3 is 0 Å². The lowest BCUT2D eigenvalue weighted by Gasteiger charge is -2.20. The molecule has 2 N–H and O–H groups in total. The summed E-state index contributed by atoms with van der Waals surface area (Å²) in [4.78, 5) is 37.7. The minimum Gasteiger partial charge on any atom is -0.370 e. The minimum atomic E-state index is -2.65. The molecular formula is C26H25F2N5O2S. The van der Waals surface area contributed by atoms with E-state index < -0.39 is 18.4 Å². The number of aryl methyl sites for hydroxylation is 1. The molecule has 2 aliphatic heterocycles. The quantitative estimate of drug-likeness (QED) is 0.500. The maximum Gasteiger partial charge on any atom is 0.258 e. The average molecular weight is 510 g/mol. The fourth-order valence-electron chi connectivity index (χ4n) is 4.56. The van der Waals surface area contributed by atoms with Crippen LogP contribution in [0.25, 0.3) is 16.5 Å². The lowest BCUT2D eigenvalue weighted by molar-refractivity contribution is -0.113. The Morgan fingerprint density at radius 1 is 1.17 bits per heavy atom. The Morgan fingerprint density at radius 3 is 2.75 bits per heavy atom. The number of anilines is 2. The standard InChI is InChI=1S/C26H25F2N5O2S/c1-14(24(27)28)31-25(34)17-3-4-21-19(9-17)10-20(18-6-8-33(21)13-18)26(35)32-23-11-16(5-7-29-23)22-12-30-15(2)36-22/h3-5,7,9-12,14,18,24H,6,8,13H2,1-2H3,(H,31,34)(H,29,32,35). The Labute approximate surface area is 211 Å². The van der Waals surface area contributed by atoms with Crippen molar-refractivity contribution in [3.8, 4) is 10.4 Å². The molecule has 186 valence electrons. The van der Waals surface area contributed by atoms with Crippen LogP contribution < -0.4 is 15.5 Å². The molecule has 2 amide bonds. The molecule has 1 fully saturated rings. The van der Waals surface area contributed by atoms with Crippen LogP contribution in [0.4, 0.5) is 20.3 Å². The number of hydrogen-bond donors (Lipinski definition) is 2. The third kappa shape index (κ3) is 4.86. The molecule has 2 unspecified atom stereocenters. The zero-order valence-corrected chi connectivity index (χ0v) is 20.6. The summed E-state index contributed by atoms with van der Waals surface area (Å²) in [5, 5.41) is 6.21. The van der Waals surface area contributed by atoms with Crippen molar-refractivity contribution in [2.75, 3.05) is 23.3 Å². The van der Waals surface area contributed by atoms with Gasteiger partial charge in [-0.05, 0) is 67.8 Å². The second-order valence-electron chi connectivity index (χ2n) is 9.03. The van der Waals surface area contributed by atoms with Crippen molar-refractivity contribution in [1.29, 1.82) is 0 Å². The first kappa shape index (κ1) is 24.1. The first-order valence-corrected chi connectivity index (χ1v) is 12.5. The summed E-state index contributed by atoms with van der Waals surface area (Å²) in [7, 11) is 0. The number of carbonyl (C=O) groups excluding carboxylic acids is 2. The van der Waals surface area contributed by atoms with E-state index in [0.29, 0.717) is 23.5 Å². The van der Waals surface area contributed by atoms with Crippen molar-refractivity contribution >= 4 is 40.7 Å². The number of aromatic nitrogens is 2. The Morgan fingerprint density at radius 2 is 2.00 bits per heavy atom. The first-order chi connectivity index (χ1) is 17.3. The van der Waals surface area contributed by atoms with E-state index in [1.165, 1.54) is 6.92 Å². The molecule has 36 heavy (non-hydrogen) atoms. The fourth-order valence-corrected chi connectivity index (χ4v) is 5.33. The fraction of sp³-hybridized carbons (Fsp3) is 0.308. The minimum absolute atomic E-state index is 0.0286. The summed E-state index contributed by atoms with van der Waals surface area (Å²) in [5.41, 5.74) is 3.42. The van der Waals surface area contributed by atoms with Crippen LogP contribution in [0.2, 0.25) is 0 Å². The number of carbonyl (C=O) groups is 2. The van der Waals surface area contributed by atoms with Crippen molar-refractivity contribution in [3.63, 3.8) is 0 Å². The van der Waals surface area contributed by atoms with Gasteiger partial charge in [-0.25, -0.2) is 18.7 Å². The van der Waals surface area contributed by atoms with E-state index >= 15 is 0 Å². The van der Waals surface area contributed by atoms with E-state index in [1.54, 1.807) is 41.9 Å². The van der Waals surface area contributed by atoms with Gasteiger partial charge in [-0.3, -0.25) is 9.59 Å². The molecule has 2 atom stereocenters. The Balaban J connectivity index is 1.42. The molecule has 0 radical (unpaired) electrons. The Kier molecular flexibility index (Phi) is 6.53. The van der Waals surface area contributed by atoms with Gasteiger partial charge < -0.3 is 15.5 Å². The topological polar surface area (TPSA) is 87.2 Å². The summed E-state index contributed by atoms with van der Waals surface area (Å²) >= 11 is 1.57. The van der Waals surface area contributed by atoms with E-state index in [4.69, 9.17) is 0 Å². The van der Waals surface area contributed by atoms with Crippen LogP contribution in [-0.2, 0) is 4.79 Å². The zero-order chi connectivity index (χ0) is 25.4. The van der Waals surface area contributed by atoms with Gasteiger partial charge in [0.05, 0.1) is 15.9 Å². The zero-order valence-electron chi connectivity index (χ0n) is 19.8. The van der Waals surface area contributed by atoms with Gasteiger partial charge in [0, 0.05) is 48.2 Å². The highest BCUT2D eigenvalue weighted by Gasteiger charge is 2.33. The molecular weight excluding hydrogens is 484 g/mol. The smallest absolute Gasteiger partial charge is 0.258 e. The van der Waals surface area contributed by atoms with E-state index in [1.807, 2.05) is 25.1 Å². The highest BCUT2D eigenvalue weighted by atomic mass is 32.1. The summed E-state index contributed by atoms with van der Waals surface area (Å²) in [5.74, 6) is -0.353. The molecule has 10 heteroatoms. The van der Waals surface area contributed by atoms with Crippen LogP contribution in [0.5, 0.6) is 0 Å². The Bertz CT molecular complexity index is 1360. The Hall–Kier alpha value is -3.66. The van der Waals surface area contributed by atoms with Gasteiger partial charge in [-0.2, -0.15) is 0 Å². The maximum absolute atomic E-state index is 13.4. The highest BCUT2D eigenvalue weighted by Crippen LogP contribution is 2.37. The summed E-state index contributed by atoms with van der Waals surface area (Å²) in [6.07, 6.45) is 3.44. The van der Waals surface area contributed by atoms with Gasteiger partial charge in [0.25, 0.3) is 18.2 Å². The lowest BCUT2D eigenvalue weighted by Crippen LogP contribution is -2.37. The number of nitrogens with one attached hydrogen (secondary N) is 2. The number of rotatable bonds is 6. The molecule has 1 saturated heterocycles. The molecule has 7 nitrogen and oxygen atoms in total. The predicted molar refractivity (Wildman–Crippen MR) is 136 cm³/mol. The van der Waals surface area contributed by atoms with Crippen molar-refractivity contribution in [2.45, 2.75) is 32.7 Å². The summed E-state index contributed by atoms with van der Waals surface area (Å²) in [6, 6.07) is 7.55. The van der Waals surface area contributed by atoms with Gasteiger partial charge in [0.15, 0.2) is 0 Å². The number of nitrogens with zero attached hydrogens (tertiary/aromatic N) is 3. The highest BCUT2D eigenvalue weighted by molar-refractivity contribution is 7.15. The van der Waals surface area contributed by atoms with E-state index in [9.17, 15) is 18.4 Å². The van der Waals surface area contributed by atoms with E-state index in [-0.39, 0.29) is 17.4 Å². The van der Waals surface area contributed by atoms with Crippen molar-refractivity contribution in [2.24, 2.45) is 5.92 Å². The normalized spacial score (nSPS) is 17.3. The van der Waals surface area contributed by atoms with Crippen LogP contribution in [-0.4, -0.2) is 47.3 Å². The van der Waals surface area contributed by atoms with Crippen LogP contribution in [0, 0.1) is 12.8 Å². The second kappa shape index (κ2) is 9.77. The molecule has 0 aliphatic carbocycles. The average Bonchev–Trinajstić information content (AvgIpc) is 3.47. The maximum atomic E-state index is 13.4. The summed E-state index contributed by atoms with van der Waals surface area (Å²) < 4.78 is 25.8. The first-order valence-electron chi connectivity index (χ1n) is 11.7. The van der Waals surface area contributed by atoms with E-state index in [0.717, 1.165) is 34.1 Å². The molecule has 2 bridgehead atoms.